The summed E-state index contributed by atoms with van der Waals surface area (Å²) in [5, 5.41) is 0. The summed E-state index contributed by atoms with van der Waals surface area (Å²) >= 11 is 0. The highest BCUT2D eigenvalue weighted by Gasteiger charge is 2.37. The van der Waals surface area contributed by atoms with Gasteiger partial charge in [-0.2, -0.15) is 0 Å². The van der Waals surface area contributed by atoms with Gasteiger partial charge in [0, 0.05) is 18.7 Å². The summed E-state index contributed by atoms with van der Waals surface area (Å²) in [6.07, 6.45) is 3.29. The summed E-state index contributed by atoms with van der Waals surface area (Å²) in [4.78, 5) is 14.2. The molecule has 1 aromatic rings. The van der Waals surface area contributed by atoms with E-state index in [0.29, 0.717) is 5.56 Å². The van der Waals surface area contributed by atoms with E-state index in [-0.39, 0.29) is 17.1 Å². The number of hydrogen-bond acceptors (Lipinski definition) is 1. The molecule has 0 aliphatic carbocycles. The fraction of sp³-hybridized carbons (Fsp3) is 0.533. The van der Waals surface area contributed by atoms with Crippen LogP contribution in [0.4, 0.5) is 4.39 Å². The number of likely N-dealkylation sites (tertiary alicyclic amines) is 1. The van der Waals surface area contributed by atoms with Gasteiger partial charge in [-0.15, -0.1) is 0 Å². The molecule has 0 N–H and O–H groups in total. The maximum Gasteiger partial charge on any atom is 0.253 e. The molecule has 0 bridgehead atoms. The second-order valence-corrected chi connectivity index (χ2v) is 5.19. The van der Waals surface area contributed by atoms with Crippen LogP contribution >= 0.6 is 0 Å². The van der Waals surface area contributed by atoms with Crippen LogP contribution in [0.3, 0.4) is 0 Å². The van der Waals surface area contributed by atoms with Crippen molar-refractivity contribution in [3.05, 3.63) is 35.6 Å². The Balaban J connectivity index is 2.10. The molecule has 1 aliphatic heterocycles. The maximum absolute atomic E-state index is 12.8. The average molecular weight is 249 g/mol. The standard InChI is InChI=1S/C15H20FNO/c1-3-15(4-2)9-10-17(11-15)14(18)12-5-7-13(16)8-6-12/h5-8H,3-4,9-11H2,1-2H3. The van der Waals surface area contributed by atoms with E-state index in [1.807, 2.05) is 4.90 Å². The van der Waals surface area contributed by atoms with Crippen molar-refractivity contribution in [3.63, 3.8) is 0 Å². The molecule has 18 heavy (non-hydrogen) atoms. The van der Waals surface area contributed by atoms with Crippen molar-refractivity contribution >= 4 is 5.91 Å². The first-order valence-corrected chi connectivity index (χ1v) is 6.65. The Labute approximate surface area is 108 Å². The molecule has 98 valence electrons. The molecular formula is C15H20FNO. The SMILES string of the molecule is CCC1(CC)CCN(C(=O)c2ccc(F)cc2)C1. The lowest BCUT2D eigenvalue weighted by Crippen LogP contribution is -2.31. The zero-order valence-electron chi connectivity index (χ0n) is 11.1. The third-order valence-electron chi connectivity index (χ3n) is 4.32. The highest BCUT2D eigenvalue weighted by atomic mass is 19.1. The largest absolute Gasteiger partial charge is 0.338 e. The van der Waals surface area contributed by atoms with E-state index in [2.05, 4.69) is 13.8 Å². The van der Waals surface area contributed by atoms with Crippen molar-refractivity contribution in [1.29, 1.82) is 0 Å². The van der Waals surface area contributed by atoms with Crippen molar-refractivity contribution in [2.75, 3.05) is 13.1 Å². The van der Waals surface area contributed by atoms with Gasteiger partial charge in [0.1, 0.15) is 5.82 Å². The van der Waals surface area contributed by atoms with Gasteiger partial charge in [-0.1, -0.05) is 13.8 Å². The van der Waals surface area contributed by atoms with Gasteiger partial charge in [-0.3, -0.25) is 4.79 Å². The molecule has 1 saturated heterocycles. The minimum Gasteiger partial charge on any atom is -0.338 e. The zero-order valence-corrected chi connectivity index (χ0v) is 11.1. The van der Waals surface area contributed by atoms with Crippen molar-refractivity contribution in [3.8, 4) is 0 Å². The van der Waals surface area contributed by atoms with Crippen LogP contribution in [-0.2, 0) is 0 Å². The van der Waals surface area contributed by atoms with Crippen molar-refractivity contribution in [2.45, 2.75) is 33.1 Å². The van der Waals surface area contributed by atoms with Crippen LogP contribution in [-0.4, -0.2) is 23.9 Å². The Bertz CT molecular complexity index is 423. The molecular weight excluding hydrogens is 229 g/mol. The molecule has 1 heterocycles. The fourth-order valence-electron chi connectivity index (χ4n) is 2.71. The number of carbonyl (C=O) groups excluding carboxylic acids is 1. The highest BCUT2D eigenvalue weighted by molar-refractivity contribution is 5.94. The Morgan fingerprint density at radius 1 is 1.28 bits per heavy atom. The first-order valence-electron chi connectivity index (χ1n) is 6.65. The summed E-state index contributed by atoms with van der Waals surface area (Å²) in [5.41, 5.74) is 0.870. The van der Waals surface area contributed by atoms with Crippen molar-refractivity contribution < 1.29 is 9.18 Å². The fourth-order valence-corrected chi connectivity index (χ4v) is 2.71. The minimum absolute atomic E-state index is 0.0266. The van der Waals surface area contributed by atoms with Gasteiger partial charge < -0.3 is 4.90 Å². The molecule has 0 aromatic heterocycles. The van der Waals surface area contributed by atoms with Crippen LogP contribution in [0.15, 0.2) is 24.3 Å². The van der Waals surface area contributed by atoms with Gasteiger partial charge in [0.15, 0.2) is 0 Å². The Morgan fingerprint density at radius 2 is 1.89 bits per heavy atom. The Morgan fingerprint density at radius 3 is 2.39 bits per heavy atom. The van der Waals surface area contributed by atoms with Crippen LogP contribution in [0.2, 0.25) is 0 Å². The Hall–Kier alpha value is -1.38. The number of benzene rings is 1. The van der Waals surface area contributed by atoms with Crippen molar-refractivity contribution in [1.82, 2.24) is 4.90 Å². The van der Waals surface area contributed by atoms with Crippen LogP contribution in [0.1, 0.15) is 43.5 Å². The third kappa shape index (κ3) is 2.40. The molecule has 3 heteroatoms. The molecule has 1 aromatic carbocycles. The van der Waals surface area contributed by atoms with E-state index in [0.717, 1.165) is 32.4 Å². The zero-order chi connectivity index (χ0) is 13.2. The lowest BCUT2D eigenvalue weighted by Gasteiger charge is -2.26. The third-order valence-corrected chi connectivity index (χ3v) is 4.32. The summed E-state index contributed by atoms with van der Waals surface area (Å²) in [6, 6.07) is 5.82. The van der Waals surface area contributed by atoms with Gasteiger partial charge in [0.25, 0.3) is 5.91 Å². The minimum atomic E-state index is -0.301. The predicted molar refractivity (Wildman–Crippen MR) is 69.9 cm³/mol. The predicted octanol–water partition coefficient (Wildman–Crippen LogP) is 3.48. The maximum atomic E-state index is 12.8. The highest BCUT2D eigenvalue weighted by Crippen LogP contribution is 2.37. The number of halogens is 1. The molecule has 2 nitrogen and oxygen atoms in total. The van der Waals surface area contributed by atoms with Crippen molar-refractivity contribution in [2.24, 2.45) is 5.41 Å². The summed E-state index contributed by atoms with van der Waals surface area (Å²) in [5.74, 6) is -0.275. The lowest BCUT2D eigenvalue weighted by atomic mass is 9.82. The molecule has 1 fully saturated rings. The summed E-state index contributed by atoms with van der Waals surface area (Å²) in [7, 11) is 0. The summed E-state index contributed by atoms with van der Waals surface area (Å²) < 4.78 is 12.8. The van der Waals surface area contributed by atoms with E-state index in [4.69, 9.17) is 0 Å². The van der Waals surface area contributed by atoms with E-state index in [1.54, 1.807) is 12.1 Å². The van der Waals surface area contributed by atoms with E-state index < -0.39 is 0 Å². The quantitative estimate of drug-likeness (QED) is 0.803. The van der Waals surface area contributed by atoms with Gasteiger partial charge in [-0.25, -0.2) is 4.39 Å². The molecule has 0 atom stereocenters. The van der Waals surface area contributed by atoms with E-state index >= 15 is 0 Å². The smallest absolute Gasteiger partial charge is 0.253 e. The monoisotopic (exact) mass is 249 g/mol. The average Bonchev–Trinajstić information content (AvgIpc) is 2.84. The molecule has 0 radical (unpaired) electrons. The van der Waals surface area contributed by atoms with Crippen LogP contribution < -0.4 is 0 Å². The normalized spacial score (nSPS) is 18.1. The number of rotatable bonds is 3. The molecule has 1 amide bonds. The second kappa shape index (κ2) is 5.09. The number of nitrogens with zero attached hydrogens (tertiary/aromatic N) is 1. The molecule has 2 rings (SSSR count). The van der Waals surface area contributed by atoms with Crippen LogP contribution in [0.5, 0.6) is 0 Å². The molecule has 0 spiro atoms. The molecule has 0 saturated carbocycles. The van der Waals surface area contributed by atoms with Gasteiger partial charge in [0.05, 0.1) is 0 Å². The van der Waals surface area contributed by atoms with Crippen LogP contribution in [0, 0.1) is 11.2 Å². The summed E-state index contributed by atoms with van der Waals surface area (Å²) in [6.45, 7) is 6.03. The first-order chi connectivity index (χ1) is 8.60. The van der Waals surface area contributed by atoms with E-state index in [9.17, 15) is 9.18 Å². The number of hydrogen-bond donors (Lipinski definition) is 0. The first kappa shape index (κ1) is 13.1. The van der Waals surface area contributed by atoms with Gasteiger partial charge >= 0.3 is 0 Å². The number of carbonyl (C=O) groups is 1. The van der Waals surface area contributed by atoms with Gasteiger partial charge in [0.2, 0.25) is 0 Å². The topological polar surface area (TPSA) is 20.3 Å². The number of amides is 1. The van der Waals surface area contributed by atoms with E-state index in [1.165, 1.54) is 12.1 Å². The van der Waals surface area contributed by atoms with Crippen LogP contribution in [0.25, 0.3) is 0 Å². The van der Waals surface area contributed by atoms with Gasteiger partial charge in [-0.05, 0) is 48.9 Å². The molecule has 0 unspecified atom stereocenters. The second-order valence-electron chi connectivity index (χ2n) is 5.19. The Kier molecular flexibility index (Phi) is 3.69. The molecule has 1 aliphatic rings. The lowest BCUT2D eigenvalue weighted by molar-refractivity contribution is 0.0770.